The van der Waals surface area contributed by atoms with E-state index in [-0.39, 0.29) is 5.91 Å². The maximum atomic E-state index is 12.4. The number of hydrogen-bond donors (Lipinski definition) is 0. The first-order chi connectivity index (χ1) is 8.61. The van der Waals surface area contributed by atoms with Crippen molar-refractivity contribution in [2.24, 2.45) is 0 Å². The van der Waals surface area contributed by atoms with Crippen molar-refractivity contribution in [3.63, 3.8) is 0 Å². The SMILES string of the molecule is COCc1nc(C)c(C(=O)N2CCN(C)CC2)s1. The van der Waals surface area contributed by atoms with Gasteiger partial charge < -0.3 is 14.5 Å². The fraction of sp³-hybridized carbons (Fsp3) is 0.667. The number of methoxy groups -OCH3 is 1. The van der Waals surface area contributed by atoms with Gasteiger partial charge in [-0.1, -0.05) is 0 Å². The summed E-state index contributed by atoms with van der Waals surface area (Å²) in [6.45, 7) is 5.84. The van der Waals surface area contributed by atoms with Crippen LogP contribution in [0.1, 0.15) is 20.4 Å². The predicted molar refractivity (Wildman–Crippen MR) is 71.0 cm³/mol. The molecule has 0 atom stereocenters. The summed E-state index contributed by atoms with van der Waals surface area (Å²) in [7, 11) is 3.72. The Morgan fingerprint density at radius 2 is 2.06 bits per heavy atom. The molecule has 0 N–H and O–H groups in total. The van der Waals surface area contributed by atoms with Crippen LogP contribution in [0.5, 0.6) is 0 Å². The van der Waals surface area contributed by atoms with Gasteiger partial charge in [0, 0.05) is 33.3 Å². The Morgan fingerprint density at radius 3 is 2.67 bits per heavy atom. The zero-order valence-electron chi connectivity index (χ0n) is 11.1. The molecular weight excluding hydrogens is 250 g/mol. The van der Waals surface area contributed by atoms with Crippen molar-refractivity contribution < 1.29 is 9.53 Å². The van der Waals surface area contributed by atoms with Gasteiger partial charge in [0.2, 0.25) is 0 Å². The van der Waals surface area contributed by atoms with Crippen molar-refractivity contribution in [1.82, 2.24) is 14.8 Å². The molecule has 1 aromatic rings. The number of carbonyl (C=O) groups is 1. The van der Waals surface area contributed by atoms with Crippen LogP contribution in [-0.4, -0.2) is 61.0 Å². The third-order valence-electron chi connectivity index (χ3n) is 3.09. The van der Waals surface area contributed by atoms with Crippen molar-refractivity contribution in [2.75, 3.05) is 40.3 Å². The van der Waals surface area contributed by atoms with E-state index in [0.29, 0.717) is 6.61 Å². The van der Waals surface area contributed by atoms with Crippen LogP contribution >= 0.6 is 11.3 Å². The smallest absolute Gasteiger partial charge is 0.265 e. The van der Waals surface area contributed by atoms with E-state index < -0.39 is 0 Å². The second kappa shape index (κ2) is 5.77. The number of ether oxygens (including phenoxy) is 1. The van der Waals surface area contributed by atoms with E-state index in [1.54, 1.807) is 7.11 Å². The second-order valence-electron chi connectivity index (χ2n) is 4.55. The van der Waals surface area contributed by atoms with Crippen molar-refractivity contribution >= 4 is 17.2 Å². The van der Waals surface area contributed by atoms with Gasteiger partial charge in [-0.3, -0.25) is 4.79 Å². The van der Waals surface area contributed by atoms with Crippen LogP contribution < -0.4 is 0 Å². The number of amides is 1. The number of piperazine rings is 1. The van der Waals surface area contributed by atoms with Gasteiger partial charge in [-0.15, -0.1) is 11.3 Å². The highest BCUT2D eigenvalue weighted by molar-refractivity contribution is 7.13. The Hall–Kier alpha value is -0.980. The molecule has 0 bridgehead atoms. The molecule has 1 fully saturated rings. The first-order valence-corrected chi connectivity index (χ1v) is 6.86. The Kier molecular flexibility index (Phi) is 4.31. The molecule has 5 nitrogen and oxygen atoms in total. The van der Waals surface area contributed by atoms with Gasteiger partial charge >= 0.3 is 0 Å². The molecule has 0 saturated carbocycles. The summed E-state index contributed by atoms with van der Waals surface area (Å²) < 4.78 is 5.05. The Morgan fingerprint density at radius 1 is 1.39 bits per heavy atom. The Balaban J connectivity index is 2.08. The Bertz CT molecular complexity index is 425. The molecule has 100 valence electrons. The van der Waals surface area contributed by atoms with Crippen molar-refractivity contribution in [3.8, 4) is 0 Å². The summed E-state index contributed by atoms with van der Waals surface area (Å²) in [5.41, 5.74) is 0.816. The predicted octanol–water partition coefficient (Wildman–Crippen LogP) is 0.986. The summed E-state index contributed by atoms with van der Waals surface area (Å²) in [5.74, 6) is 0.112. The maximum Gasteiger partial charge on any atom is 0.265 e. The standard InChI is InChI=1S/C12H19N3O2S/c1-9-11(18-10(13-9)8-17-3)12(16)15-6-4-14(2)5-7-15/h4-8H2,1-3H3. The van der Waals surface area contributed by atoms with Crippen molar-refractivity contribution in [1.29, 1.82) is 0 Å². The third-order valence-corrected chi connectivity index (χ3v) is 4.21. The molecule has 1 aromatic heterocycles. The van der Waals surface area contributed by atoms with E-state index in [2.05, 4.69) is 16.9 Å². The van der Waals surface area contributed by atoms with E-state index in [4.69, 9.17) is 4.74 Å². The van der Waals surface area contributed by atoms with E-state index >= 15 is 0 Å². The molecule has 0 aromatic carbocycles. The van der Waals surface area contributed by atoms with Gasteiger partial charge in [0.25, 0.3) is 5.91 Å². The fourth-order valence-corrected chi connectivity index (χ4v) is 2.99. The highest BCUT2D eigenvalue weighted by Gasteiger charge is 2.24. The minimum atomic E-state index is 0.112. The summed E-state index contributed by atoms with van der Waals surface area (Å²) >= 11 is 1.45. The molecule has 1 aliphatic rings. The van der Waals surface area contributed by atoms with Crippen LogP contribution in [0.3, 0.4) is 0 Å². The average molecular weight is 269 g/mol. The number of nitrogens with zero attached hydrogens (tertiary/aromatic N) is 3. The summed E-state index contributed by atoms with van der Waals surface area (Å²) in [5, 5.41) is 0.868. The van der Waals surface area contributed by atoms with Gasteiger partial charge in [-0.25, -0.2) is 4.98 Å². The number of thiazole rings is 1. The molecule has 1 amide bonds. The van der Waals surface area contributed by atoms with E-state index in [0.717, 1.165) is 41.8 Å². The molecule has 1 aliphatic heterocycles. The molecule has 6 heteroatoms. The zero-order valence-corrected chi connectivity index (χ0v) is 11.9. The summed E-state index contributed by atoms with van der Waals surface area (Å²) in [6.07, 6.45) is 0. The molecule has 1 saturated heterocycles. The second-order valence-corrected chi connectivity index (χ2v) is 5.63. The normalized spacial score (nSPS) is 17.2. The highest BCUT2D eigenvalue weighted by Crippen LogP contribution is 2.21. The summed E-state index contributed by atoms with van der Waals surface area (Å²) in [6, 6.07) is 0. The lowest BCUT2D eigenvalue weighted by molar-refractivity contribution is 0.0668. The number of aryl methyl sites for hydroxylation is 1. The monoisotopic (exact) mass is 269 g/mol. The molecule has 0 radical (unpaired) electrons. The Labute approximate surface area is 111 Å². The third kappa shape index (κ3) is 2.88. The lowest BCUT2D eigenvalue weighted by Gasteiger charge is -2.32. The number of carbonyl (C=O) groups excluding carboxylic acids is 1. The van der Waals surface area contributed by atoms with E-state index in [1.807, 2.05) is 11.8 Å². The summed E-state index contributed by atoms with van der Waals surface area (Å²) in [4.78, 5) is 21.7. The molecule has 18 heavy (non-hydrogen) atoms. The largest absolute Gasteiger partial charge is 0.378 e. The fourth-order valence-electron chi connectivity index (χ4n) is 1.99. The van der Waals surface area contributed by atoms with E-state index in [1.165, 1.54) is 11.3 Å². The van der Waals surface area contributed by atoms with Gasteiger partial charge in [0.1, 0.15) is 9.88 Å². The van der Waals surface area contributed by atoms with Crippen LogP contribution in [0.4, 0.5) is 0 Å². The quantitative estimate of drug-likeness (QED) is 0.821. The van der Waals surface area contributed by atoms with Gasteiger partial charge in [0.05, 0.1) is 12.3 Å². The number of likely N-dealkylation sites (N-methyl/N-ethyl adjacent to an activating group) is 1. The minimum absolute atomic E-state index is 0.112. The van der Waals surface area contributed by atoms with Gasteiger partial charge in [-0.2, -0.15) is 0 Å². The van der Waals surface area contributed by atoms with Crippen LogP contribution in [0.25, 0.3) is 0 Å². The zero-order chi connectivity index (χ0) is 13.1. The first-order valence-electron chi connectivity index (χ1n) is 6.05. The van der Waals surface area contributed by atoms with Gasteiger partial charge in [0.15, 0.2) is 0 Å². The van der Waals surface area contributed by atoms with Crippen LogP contribution in [0.15, 0.2) is 0 Å². The lowest BCUT2D eigenvalue weighted by atomic mass is 10.3. The molecule has 0 unspecified atom stereocenters. The van der Waals surface area contributed by atoms with Crippen molar-refractivity contribution in [3.05, 3.63) is 15.6 Å². The maximum absolute atomic E-state index is 12.4. The van der Waals surface area contributed by atoms with Crippen LogP contribution in [0.2, 0.25) is 0 Å². The molecule has 0 spiro atoms. The minimum Gasteiger partial charge on any atom is -0.378 e. The van der Waals surface area contributed by atoms with Crippen LogP contribution in [-0.2, 0) is 11.3 Å². The van der Waals surface area contributed by atoms with Crippen molar-refractivity contribution in [2.45, 2.75) is 13.5 Å². The molecule has 0 aliphatic carbocycles. The first kappa shape index (κ1) is 13.5. The van der Waals surface area contributed by atoms with Gasteiger partial charge in [-0.05, 0) is 14.0 Å². The number of hydrogen-bond acceptors (Lipinski definition) is 5. The highest BCUT2D eigenvalue weighted by atomic mass is 32.1. The van der Waals surface area contributed by atoms with Crippen LogP contribution in [0, 0.1) is 6.92 Å². The topological polar surface area (TPSA) is 45.7 Å². The average Bonchev–Trinajstić information content (AvgIpc) is 2.71. The number of aromatic nitrogens is 1. The molecule has 2 heterocycles. The molecular formula is C12H19N3O2S. The van der Waals surface area contributed by atoms with E-state index in [9.17, 15) is 4.79 Å². The lowest BCUT2D eigenvalue weighted by Crippen LogP contribution is -2.47. The number of rotatable bonds is 3. The molecule has 2 rings (SSSR count).